The van der Waals surface area contributed by atoms with Gasteiger partial charge in [-0.15, -0.1) is 0 Å². The molecule has 2 bridgehead atoms. The number of carbonyl (C=O) groups excluding carboxylic acids is 4. The van der Waals surface area contributed by atoms with Crippen molar-refractivity contribution >= 4 is 23.4 Å². The van der Waals surface area contributed by atoms with Crippen molar-refractivity contribution in [2.75, 3.05) is 27.9 Å². The first kappa shape index (κ1) is 47.4. The van der Waals surface area contributed by atoms with Crippen LogP contribution >= 0.6 is 0 Å². The second-order valence-corrected chi connectivity index (χ2v) is 18.0. The Morgan fingerprint density at radius 1 is 0.842 bits per heavy atom. The molecule has 4 fully saturated rings. The van der Waals surface area contributed by atoms with E-state index in [9.17, 15) is 34.5 Å². The zero-order valence-electron chi connectivity index (χ0n) is 36.0. The van der Waals surface area contributed by atoms with E-state index in [-0.39, 0.29) is 61.4 Å². The maximum Gasteiger partial charge on any atom is 0.329 e. The van der Waals surface area contributed by atoms with Gasteiger partial charge in [0, 0.05) is 52.0 Å². The summed E-state index contributed by atoms with van der Waals surface area (Å²) in [6.07, 6.45) is 3.77. The van der Waals surface area contributed by atoms with Gasteiger partial charge in [0.1, 0.15) is 24.0 Å². The number of esters is 1. The van der Waals surface area contributed by atoms with Crippen LogP contribution < -0.4 is 0 Å². The van der Waals surface area contributed by atoms with E-state index >= 15 is 0 Å². The van der Waals surface area contributed by atoms with Crippen molar-refractivity contribution in [2.45, 2.75) is 180 Å². The Bertz CT molecular complexity index is 1390. The van der Waals surface area contributed by atoms with Gasteiger partial charge in [0.2, 0.25) is 5.79 Å². The van der Waals surface area contributed by atoms with Gasteiger partial charge < -0.3 is 43.9 Å². The van der Waals surface area contributed by atoms with Crippen molar-refractivity contribution in [3.63, 3.8) is 0 Å². The number of ketones is 2. The first-order valence-corrected chi connectivity index (χ1v) is 21.6. The Morgan fingerprint density at radius 3 is 2.14 bits per heavy atom. The van der Waals surface area contributed by atoms with Crippen LogP contribution in [-0.2, 0) is 42.9 Å². The molecular formula is C44H73NO12. The smallest absolute Gasteiger partial charge is 0.329 e. The third-order valence-corrected chi connectivity index (χ3v) is 13.5. The molecule has 4 rings (SSSR count). The molecule has 3 N–H and O–H groups in total. The number of methoxy groups -OCH3 is 3. The fourth-order valence-corrected chi connectivity index (χ4v) is 10.0. The van der Waals surface area contributed by atoms with E-state index in [0.717, 1.165) is 12.8 Å². The zero-order chi connectivity index (χ0) is 42.2. The molecule has 0 aromatic heterocycles. The molecule has 13 heteroatoms. The Balaban J connectivity index is 1.75. The van der Waals surface area contributed by atoms with E-state index < -0.39 is 77.9 Å². The Morgan fingerprint density at radius 2 is 1.49 bits per heavy atom. The van der Waals surface area contributed by atoms with Crippen molar-refractivity contribution in [2.24, 2.45) is 35.5 Å². The predicted octanol–water partition coefficient (Wildman–Crippen LogP) is 4.94. The van der Waals surface area contributed by atoms with E-state index in [1.54, 1.807) is 35.2 Å². The number of hydrogen-bond donors (Lipinski definition) is 3. The van der Waals surface area contributed by atoms with E-state index in [0.29, 0.717) is 56.9 Å². The summed E-state index contributed by atoms with van der Waals surface area (Å²) < 4.78 is 29.9. The van der Waals surface area contributed by atoms with Gasteiger partial charge in [0.05, 0.1) is 30.5 Å². The number of carbonyl (C=O) groups is 4. The minimum atomic E-state index is -2.49. The minimum Gasteiger partial charge on any atom is -0.456 e. The summed E-state index contributed by atoms with van der Waals surface area (Å²) in [6, 6.07) is -1.12. The van der Waals surface area contributed by atoms with Gasteiger partial charge in [-0.25, -0.2) is 4.79 Å². The van der Waals surface area contributed by atoms with Crippen LogP contribution in [0.3, 0.4) is 0 Å². The molecule has 15 unspecified atom stereocenters. The maximum absolute atomic E-state index is 14.3. The Hall–Kier alpha value is -2.26. The highest BCUT2D eigenvalue weighted by molar-refractivity contribution is 6.39. The van der Waals surface area contributed by atoms with Crippen LogP contribution in [0.1, 0.15) is 125 Å². The summed E-state index contributed by atoms with van der Waals surface area (Å²) >= 11 is 0. The lowest BCUT2D eigenvalue weighted by Crippen LogP contribution is -2.64. The molecule has 0 spiro atoms. The molecule has 4 aliphatic rings. The first-order chi connectivity index (χ1) is 27.0. The monoisotopic (exact) mass is 808 g/mol. The molecule has 1 saturated carbocycles. The number of piperidine rings is 1. The van der Waals surface area contributed by atoms with E-state index in [2.05, 4.69) is 13.8 Å². The van der Waals surface area contributed by atoms with Crippen LogP contribution in [0.2, 0.25) is 0 Å². The molecule has 13 nitrogen and oxygen atoms in total. The van der Waals surface area contributed by atoms with Crippen molar-refractivity contribution in [1.29, 1.82) is 0 Å². The summed E-state index contributed by atoms with van der Waals surface area (Å²) in [5.74, 6) is -6.92. The van der Waals surface area contributed by atoms with Gasteiger partial charge in [-0.2, -0.15) is 0 Å². The van der Waals surface area contributed by atoms with Crippen molar-refractivity contribution in [3.8, 4) is 0 Å². The van der Waals surface area contributed by atoms with Crippen molar-refractivity contribution in [3.05, 3.63) is 11.6 Å². The zero-order valence-corrected chi connectivity index (χ0v) is 36.0. The number of fused-ring (bicyclic) bond motifs is 3. The maximum atomic E-state index is 14.3. The van der Waals surface area contributed by atoms with Crippen molar-refractivity contribution < 1.29 is 58.2 Å². The quantitative estimate of drug-likeness (QED) is 0.180. The predicted molar refractivity (Wildman–Crippen MR) is 213 cm³/mol. The van der Waals surface area contributed by atoms with Crippen LogP contribution in [-0.4, -0.2) is 126 Å². The van der Waals surface area contributed by atoms with Crippen LogP contribution in [0.15, 0.2) is 11.6 Å². The largest absolute Gasteiger partial charge is 0.456 e. The lowest BCUT2D eigenvalue weighted by Gasteiger charge is -2.47. The van der Waals surface area contributed by atoms with Crippen LogP contribution in [0.5, 0.6) is 0 Å². The molecule has 3 aliphatic heterocycles. The fraction of sp³-hybridized carbons (Fsp3) is 0.864. The second-order valence-electron chi connectivity index (χ2n) is 18.0. The Kier molecular flexibility index (Phi) is 17.7. The lowest BCUT2D eigenvalue weighted by molar-refractivity contribution is -0.302. The molecular weight excluding hydrogens is 734 g/mol. The number of cyclic esters (lactones) is 1. The summed E-state index contributed by atoms with van der Waals surface area (Å²) in [6.45, 7) is 11.6. The number of aliphatic hydroxyl groups excluding tert-OH is 2. The topological polar surface area (TPSA) is 178 Å². The van der Waals surface area contributed by atoms with Gasteiger partial charge in [-0.05, 0) is 101 Å². The van der Waals surface area contributed by atoms with E-state index in [4.69, 9.17) is 23.7 Å². The second kappa shape index (κ2) is 21.3. The normalized spacial score (nSPS) is 41.5. The molecule has 326 valence electrons. The number of nitrogens with zero attached hydrogens (tertiary/aromatic N) is 1. The number of ether oxygens (including phenoxy) is 5. The Labute approximate surface area is 340 Å². The molecule has 1 aliphatic carbocycles. The summed E-state index contributed by atoms with van der Waals surface area (Å²) in [5, 5.41) is 34.2. The van der Waals surface area contributed by atoms with Crippen LogP contribution in [0.4, 0.5) is 0 Å². The molecule has 3 heterocycles. The lowest BCUT2D eigenvalue weighted by atomic mass is 9.79. The van der Waals surface area contributed by atoms with Gasteiger partial charge in [0.15, 0.2) is 0 Å². The van der Waals surface area contributed by atoms with E-state index in [1.165, 1.54) is 4.90 Å². The highest BCUT2D eigenvalue weighted by atomic mass is 16.7. The molecule has 0 aromatic carbocycles. The molecule has 57 heavy (non-hydrogen) atoms. The standard InChI is InChI=1S/C44H73NO12/c1-10-13-31-19-25(2)18-26(3)20-37(54-8)40-38(55-9)22-28(5)44(52,57-40)41(49)42(50)45-17-12-11-14-32(45)43(51)56-39(29(6)34(47)24-35(31)48)27(4)21-30-15-16-33(46)36(23-30)53-7/h21,25-26,28-34,36-40,46-47,52H,10-20,22-24H2,1-9H3. The number of Topliss-reactive ketones (excluding diaryl/α,β-unsaturated/α-hetero) is 2. The molecule has 15 atom stereocenters. The van der Waals surface area contributed by atoms with Gasteiger partial charge in [-0.3, -0.25) is 14.4 Å². The number of amides is 1. The van der Waals surface area contributed by atoms with E-state index in [1.807, 2.05) is 19.9 Å². The summed E-state index contributed by atoms with van der Waals surface area (Å²) in [4.78, 5) is 58.0. The van der Waals surface area contributed by atoms with Gasteiger partial charge >= 0.3 is 5.97 Å². The number of aliphatic hydroxyl groups is 3. The average molecular weight is 808 g/mol. The number of rotatable bonds is 7. The summed E-state index contributed by atoms with van der Waals surface area (Å²) in [7, 11) is 4.66. The van der Waals surface area contributed by atoms with Gasteiger partial charge in [-0.1, -0.05) is 47.1 Å². The third kappa shape index (κ3) is 11.5. The third-order valence-electron chi connectivity index (χ3n) is 13.5. The average Bonchev–Trinajstić information content (AvgIpc) is 3.18. The highest BCUT2D eigenvalue weighted by Crippen LogP contribution is 2.39. The minimum absolute atomic E-state index is 0.00817. The summed E-state index contributed by atoms with van der Waals surface area (Å²) in [5.41, 5.74) is 0.680. The fourth-order valence-electron chi connectivity index (χ4n) is 10.0. The SMILES string of the molecule is CCCC1CC(C)CC(C)CC(OC)C2OC(O)(C(=O)C(=O)N3CCCCC3C(=O)OC(C(C)=CC3CCC(O)C(OC)C3)C(C)C(O)CC1=O)C(C)CC2OC. The molecule has 1 amide bonds. The number of hydrogen-bond acceptors (Lipinski definition) is 12. The van der Waals surface area contributed by atoms with Crippen molar-refractivity contribution in [1.82, 2.24) is 4.90 Å². The highest BCUT2D eigenvalue weighted by Gasteiger charge is 2.56. The molecule has 0 aromatic rings. The van der Waals surface area contributed by atoms with Gasteiger partial charge in [0.25, 0.3) is 11.7 Å². The van der Waals surface area contributed by atoms with Crippen LogP contribution in [0.25, 0.3) is 0 Å². The molecule has 3 saturated heterocycles. The first-order valence-electron chi connectivity index (χ1n) is 21.6. The number of allylic oxidation sites excluding steroid dienone is 1. The van der Waals surface area contributed by atoms with Crippen LogP contribution in [0, 0.1) is 35.5 Å². The molecule has 0 radical (unpaired) electrons.